The fourth-order valence-corrected chi connectivity index (χ4v) is 2.16. The number of rotatable bonds is 1. The Morgan fingerprint density at radius 1 is 1.00 bits per heavy atom. The molecule has 1 rings (SSSR count). The van der Waals surface area contributed by atoms with Crippen LogP contribution in [0.5, 0.6) is 0 Å². The summed E-state index contributed by atoms with van der Waals surface area (Å²) in [7, 11) is 0. The number of ether oxygens (including phenoxy) is 2. The van der Waals surface area contributed by atoms with Crippen molar-refractivity contribution in [2.24, 2.45) is 0 Å². The third kappa shape index (κ3) is 6.17. The Hall–Kier alpha value is -1.63. The molecule has 0 N–H and O–H groups in total. The van der Waals surface area contributed by atoms with Crippen LogP contribution < -0.4 is 4.90 Å². The van der Waals surface area contributed by atoms with E-state index in [4.69, 9.17) is 9.47 Å². The number of amides is 2. The van der Waals surface area contributed by atoms with E-state index >= 15 is 0 Å². The molecule has 1 heterocycles. The number of aromatic nitrogens is 1. The van der Waals surface area contributed by atoms with Crippen LogP contribution in [0, 0.1) is 6.92 Å². The Kier molecular flexibility index (Phi) is 5.79. The molecule has 128 valence electrons. The van der Waals surface area contributed by atoms with Gasteiger partial charge in [0.2, 0.25) is 0 Å². The molecule has 0 fully saturated rings. The molecule has 0 aliphatic heterocycles. The lowest BCUT2D eigenvalue weighted by Gasteiger charge is -2.28. The highest BCUT2D eigenvalue weighted by Crippen LogP contribution is 2.28. The lowest BCUT2D eigenvalue weighted by Crippen LogP contribution is -2.44. The molecule has 6 nitrogen and oxygen atoms in total. The molecule has 0 saturated carbocycles. The SMILES string of the molecule is Cc1ccc(N(C(=O)OC(C)(C)C)C(=O)OC(C)(C)C)c(Br)n1. The summed E-state index contributed by atoms with van der Waals surface area (Å²) in [6.45, 7) is 12.1. The minimum atomic E-state index is -0.821. The maximum Gasteiger partial charge on any atom is 0.424 e. The van der Waals surface area contributed by atoms with E-state index in [-0.39, 0.29) is 5.69 Å². The third-order valence-electron chi connectivity index (χ3n) is 2.36. The van der Waals surface area contributed by atoms with Gasteiger partial charge in [0.15, 0.2) is 0 Å². The number of nitrogens with zero attached hydrogens (tertiary/aromatic N) is 2. The topological polar surface area (TPSA) is 68.7 Å². The molecule has 0 aromatic carbocycles. The largest absolute Gasteiger partial charge is 0.443 e. The first kappa shape index (κ1) is 19.4. The van der Waals surface area contributed by atoms with Gasteiger partial charge in [-0.15, -0.1) is 0 Å². The summed E-state index contributed by atoms with van der Waals surface area (Å²) in [5.41, 5.74) is -0.489. The average molecular weight is 387 g/mol. The van der Waals surface area contributed by atoms with Crippen LogP contribution in [0.25, 0.3) is 0 Å². The van der Waals surface area contributed by atoms with E-state index in [9.17, 15) is 9.59 Å². The van der Waals surface area contributed by atoms with Crippen molar-refractivity contribution in [3.8, 4) is 0 Å². The van der Waals surface area contributed by atoms with Gasteiger partial charge in [0.25, 0.3) is 0 Å². The number of aryl methyl sites for hydroxylation is 1. The van der Waals surface area contributed by atoms with E-state index < -0.39 is 23.4 Å². The first-order valence-corrected chi connectivity index (χ1v) is 7.99. The van der Waals surface area contributed by atoms with Crippen LogP contribution in [0.15, 0.2) is 16.7 Å². The first-order chi connectivity index (χ1) is 10.3. The van der Waals surface area contributed by atoms with Gasteiger partial charge in [0.1, 0.15) is 15.8 Å². The number of anilines is 1. The van der Waals surface area contributed by atoms with Crippen LogP contribution in [0.1, 0.15) is 47.2 Å². The molecular formula is C16H23BrN2O4. The molecule has 0 spiro atoms. The lowest BCUT2D eigenvalue weighted by atomic mass is 10.2. The smallest absolute Gasteiger partial charge is 0.424 e. The molecule has 0 bridgehead atoms. The number of hydrogen-bond donors (Lipinski definition) is 0. The lowest BCUT2D eigenvalue weighted by molar-refractivity contribution is 0.0430. The Morgan fingerprint density at radius 3 is 1.78 bits per heavy atom. The number of halogens is 1. The predicted octanol–water partition coefficient (Wildman–Crippen LogP) is 4.83. The molecular weight excluding hydrogens is 364 g/mol. The van der Waals surface area contributed by atoms with Gasteiger partial charge in [0.05, 0.1) is 5.69 Å². The highest BCUT2D eigenvalue weighted by Gasteiger charge is 2.34. The van der Waals surface area contributed by atoms with Gasteiger partial charge in [-0.3, -0.25) is 0 Å². The fourth-order valence-electron chi connectivity index (χ4n) is 1.57. The summed E-state index contributed by atoms with van der Waals surface area (Å²) < 4.78 is 11.0. The minimum Gasteiger partial charge on any atom is -0.443 e. The van der Waals surface area contributed by atoms with E-state index in [0.29, 0.717) is 4.60 Å². The van der Waals surface area contributed by atoms with Crippen LogP contribution in [0.2, 0.25) is 0 Å². The molecule has 0 aliphatic carbocycles. The average Bonchev–Trinajstić information content (AvgIpc) is 2.27. The van der Waals surface area contributed by atoms with Crippen molar-refractivity contribution in [2.75, 3.05) is 4.90 Å². The molecule has 1 aromatic rings. The summed E-state index contributed by atoms with van der Waals surface area (Å²) >= 11 is 3.28. The van der Waals surface area contributed by atoms with Crippen molar-refractivity contribution in [3.05, 3.63) is 22.4 Å². The van der Waals surface area contributed by atoms with E-state index in [2.05, 4.69) is 20.9 Å². The van der Waals surface area contributed by atoms with E-state index in [1.54, 1.807) is 60.6 Å². The molecule has 2 amide bonds. The van der Waals surface area contributed by atoms with Crippen molar-refractivity contribution in [3.63, 3.8) is 0 Å². The summed E-state index contributed by atoms with van der Waals surface area (Å²) in [6.07, 6.45) is -1.64. The number of hydrogen-bond acceptors (Lipinski definition) is 5. The van der Waals surface area contributed by atoms with Gasteiger partial charge in [-0.2, -0.15) is 4.90 Å². The molecule has 0 saturated heterocycles. The van der Waals surface area contributed by atoms with Crippen LogP contribution in [0.3, 0.4) is 0 Å². The van der Waals surface area contributed by atoms with E-state index in [1.807, 2.05) is 0 Å². The highest BCUT2D eigenvalue weighted by molar-refractivity contribution is 9.10. The summed E-state index contributed by atoms with van der Waals surface area (Å²) in [5, 5.41) is 0. The molecule has 23 heavy (non-hydrogen) atoms. The first-order valence-electron chi connectivity index (χ1n) is 7.19. The fraction of sp³-hybridized carbons (Fsp3) is 0.562. The second-order valence-corrected chi connectivity index (χ2v) is 7.81. The Bertz CT molecular complexity index is 575. The molecule has 1 aromatic heterocycles. The van der Waals surface area contributed by atoms with Crippen molar-refractivity contribution >= 4 is 33.8 Å². The van der Waals surface area contributed by atoms with Gasteiger partial charge in [-0.25, -0.2) is 14.6 Å². The van der Waals surface area contributed by atoms with Crippen molar-refractivity contribution in [1.29, 1.82) is 0 Å². The monoisotopic (exact) mass is 386 g/mol. The number of pyridine rings is 1. The van der Waals surface area contributed by atoms with Crippen LogP contribution >= 0.6 is 15.9 Å². The second kappa shape index (κ2) is 6.86. The molecule has 0 atom stereocenters. The Labute approximate surface area is 145 Å². The highest BCUT2D eigenvalue weighted by atomic mass is 79.9. The molecule has 7 heteroatoms. The third-order valence-corrected chi connectivity index (χ3v) is 2.94. The van der Waals surface area contributed by atoms with E-state index in [1.165, 1.54) is 0 Å². The quantitative estimate of drug-likeness (QED) is 0.646. The minimum absolute atomic E-state index is 0.263. The molecule has 0 aliphatic rings. The van der Waals surface area contributed by atoms with Crippen molar-refractivity contribution < 1.29 is 19.1 Å². The van der Waals surface area contributed by atoms with Crippen molar-refractivity contribution in [1.82, 2.24) is 4.98 Å². The second-order valence-electron chi connectivity index (χ2n) is 7.06. The zero-order chi connectivity index (χ0) is 18.0. The zero-order valence-corrected chi connectivity index (χ0v) is 16.1. The van der Waals surface area contributed by atoms with Gasteiger partial charge >= 0.3 is 12.2 Å². The Morgan fingerprint density at radius 2 is 1.43 bits per heavy atom. The van der Waals surface area contributed by atoms with Crippen molar-refractivity contribution in [2.45, 2.75) is 59.7 Å². The van der Waals surface area contributed by atoms with Crippen LogP contribution in [0.4, 0.5) is 15.3 Å². The summed E-state index contributed by atoms with van der Waals surface area (Å²) in [5.74, 6) is 0. The van der Waals surface area contributed by atoms with E-state index in [0.717, 1.165) is 10.6 Å². The van der Waals surface area contributed by atoms with Crippen LogP contribution in [-0.2, 0) is 9.47 Å². The van der Waals surface area contributed by atoms with Crippen LogP contribution in [-0.4, -0.2) is 28.4 Å². The number of imide groups is 1. The molecule has 0 unspecified atom stereocenters. The Balaban J connectivity index is 3.25. The van der Waals surface area contributed by atoms with Gasteiger partial charge in [-0.1, -0.05) is 0 Å². The summed E-state index contributed by atoms with van der Waals surface area (Å²) in [4.78, 5) is 30.0. The number of carbonyl (C=O) groups excluding carboxylic acids is 2. The number of carbonyl (C=O) groups is 2. The maximum absolute atomic E-state index is 12.5. The predicted molar refractivity (Wildman–Crippen MR) is 91.6 cm³/mol. The van der Waals surface area contributed by atoms with Gasteiger partial charge < -0.3 is 9.47 Å². The zero-order valence-electron chi connectivity index (χ0n) is 14.6. The van der Waals surface area contributed by atoms with Gasteiger partial charge in [-0.05, 0) is 76.5 Å². The standard InChI is InChI=1S/C16H23BrN2O4/c1-10-8-9-11(12(17)18-10)19(13(20)22-15(2,3)4)14(21)23-16(5,6)7/h8-9H,1-7H3. The summed E-state index contributed by atoms with van der Waals surface area (Å²) in [6, 6.07) is 3.31. The normalized spacial score (nSPS) is 11.8. The van der Waals surface area contributed by atoms with Gasteiger partial charge in [0, 0.05) is 5.69 Å². The maximum atomic E-state index is 12.5. The molecule has 0 radical (unpaired) electrons.